The normalized spacial score (nSPS) is 31.1. The van der Waals surface area contributed by atoms with Gasteiger partial charge in [-0.1, -0.05) is 6.92 Å². The number of benzene rings is 1. The van der Waals surface area contributed by atoms with Crippen molar-refractivity contribution in [2.24, 2.45) is 11.7 Å². The second-order valence-electron chi connectivity index (χ2n) is 13.5. The average Bonchev–Trinajstić information content (AvgIpc) is 3.72. The lowest BCUT2D eigenvalue weighted by Crippen LogP contribution is -2.63. The number of hydrogen-bond donors (Lipinski definition) is 3. The molecule has 5 amide bonds. The number of fused-ring (bicyclic) bond motifs is 3. The Kier molecular flexibility index (Phi) is 10.7. The molecule has 4 saturated heterocycles. The molecule has 0 aliphatic carbocycles. The predicted octanol–water partition coefficient (Wildman–Crippen LogP) is 0.379. The molecule has 4 fully saturated rings. The molecule has 4 aliphatic rings. The number of cyclic esters (lactones) is 1. The maximum atomic E-state index is 14.3. The van der Waals surface area contributed by atoms with Gasteiger partial charge in [-0.25, -0.2) is 13.6 Å². The fraction of sp³-hybridized carbons (Fsp3) is 0.636. The number of ether oxygens (including phenoxy) is 1. The number of carbonyl (C=O) groups excluding carboxylic acids is 6. The Bertz CT molecular complexity index is 1440. The first kappa shape index (κ1) is 35.2. The number of halogens is 2. The van der Waals surface area contributed by atoms with Gasteiger partial charge in [0.2, 0.25) is 29.5 Å². The number of rotatable bonds is 4. The van der Waals surface area contributed by atoms with Crippen LogP contribution in [0.2, 0.25) is 0 Å². The van der Waals surface area contributed by atoms with Crippen LogP contribution in [0.25, 0.3) is 0 Å². The highest BCUT2D eigenvalue weighted by Gasteiger charge is 2.47. The topological polar surface area (TPSA) is 171 Å². The molecule has 4 N–H and O–H groups in total. The second kappa shape index (κ2) is 14.5. The third kappa shape index (κ3) is 7.45. The van der Waals surface area contributed by atoms with E-state index in [1.807, 2.05) is 6.92 Å². The summed E-state index contributed by atoms with van der Waals surface area (Å²) >= 11 is 0. The van der Waals surface area contributed by atoms with Gasteiger partial charge in [0.25, 0.3) is 0 Å². The summed E-state index contributed by atoms with van der Waals surface area (Å²) in [5.74, 6) is -5.24. The van der Waals surface area contributed by atoms with Crippen molar-refractivity contribution >= 4 is 35.5 Å². The minimum absolute atomic E-state index is 0.124. The van der Waals surface area contributed by atoms with Gasteiger partial charge < -0.3 is 35.8 Å². The number of hydrogen-bond acceptors (Lipinski definition) is 8. The number of nitrogens with two attached hydrogens (primary N) is 1. The summed E-state index contributed by atoms with van der Waals surface area (Å²) in [5.41, 5.74) is 6.24. The van der Waals surface area contributed by atoms with E-state index in [1.165, 1.54) is 28.5 Å². The molecule has 5 rings (SSSR count). The largest absolute Gasteiger partial charge is 0.458 e. The lowest BCUT2D eigenvalue weighted by molar-refractivity contribution is -0.163. The first-order chi connectivity index (χ1) is 22.7. The minimum Gasteiger partial charge on any atom is -0.458 e. The SMILES string of the molecule is C[C@H]1CCN2C(=O)[C@@H]3CCCN3C(=O)[C@@H](NC(=O)[C@@H](N)Cc3cc(F)cc(F)c3)[C@@H](C)OC(=O)[C@@H]3CCCN3C(=O)[C@H](C)NC(=O)[C@@H]2C1. The standard InChI is InChI=1S/C33H44F2N6O7/c1-17-8-11-41-26(12-17)29(43)37-18(2)30(44)40-10-5-7-25(40)33(47)48-19(3)27(32(46)39-9-4-6-24(39)31(41)45)38-28(42)23(36)15-20-13-21(34)16-22(35)14-20/h13-14,16-19,23-27H,4-12,15,36H2,1-3H3,(H,37,43)(H,38,42)/t17-,18-,19+,23-,24-,25-,26-,27-/m0/s1. The number of esters is 1. The van der Waals surface area contributed by atoms with E-state index in [0.29, 0.717) is 44.6 Å². The first-order valence-corrected chi connectivity index (χ1v) is 16.7. The Hall–Kier alpha value is -4.14. The molecule has 48 heavy (non-hydrogen) atoms. The van der Waals surface area contributed by atoms with Crippen LogP contribution in [-0.2, 0) is 39.9 Å². The maximum absolute atomic E-state index is 14.3. The highest BCUT2D eigenvalue weighted by Crippen LogP contribution is 2.29. The van der Waals surface area contributed by atoms with Crippen LogP contribution in [0, 0.1) is 17.6 Å². The van der Waals surface area contributed by atoms with Crippen molar-refractivity contribution in [1.82, 2.24) is 25.3 Å². The van der Waals surface area contributed by atoms with Crippen molar-refractivity contribution in [3.8, 4) is 0 Å². The molecule has 8 atom stereocenters. The molecule has 4 aliphatic heterocycles. The molecule has 13 nitrogen and oxygen atoms in total. The molecule has 0 radical (unpaired) electrons. The molecule has 0 spiro atoms. The molecular weight excluding hydrogens is 630 g/mol. The van der Waals surface area contributed by atoms with Gasteiger partial charge in [-0.05, 0) is 82.4 Å². The molecule has 0 bridgehead atoms. The number of amides is 5. The third-order valence-electron chi connectivity index (χ3n) is 9.86. The summed E-state index contributed by atoms with van der Waals surface area (Å²) < 4.78 is 33.3. The summed E-state index contributed by atoms with van der Waals surface area (Å²) in [6.07, 6.45) is 1.12. The lowest BCUT2D eigenvalue weighted by Gasteiger charge is -2.41. The summed E-state index contributed by atoms with van der Waals surface area (Å²) in [6.45, 7) is 5.67. The number of carbonyl (C=O) groups is 6. The average molecular weight is 675 g/mol. The van der Waals surface area contributed by atoms with Crippen LogP contribution in [0.1, 0.15) is 64.9 Å². The smallest absolute Gasteiger partial charge is 0.329 e. The molecule has 0 unspecified atom stereocenters. The Morgan fingerprint density at radius 3 is 2.15 bits per heavy atom. The zero-order valence-corrected chi connectivity index (χ0v) is 27.5. The zero-order chi connectivity index (χ0) is 34.9. The highest BCUT2D eigenvalue weighted by molar-refractivity contribution is 5.97. The van der Waals surface area contributed by atoms with Gasteiger partial charge in [0.05, 0.1) is 6.04 Å². The van der Waals surface area contributed by atoms with E-state index in [-0.39, 0.29) is 37.5 Å². The van der Waals surface area contributed by atoms with Crippen molar-refractivity contribution < 1.29 is 42.3 Å². The summed E-state index contributed by atoms with van der Waals surface area (Å²) in [7, 11) is 0. The van der Waals surface area contributed by atoms with E-state index >= 15 is 0 Å². The first-order valence-electron chi connectivity index (χ1n) is 16.7. The van der Waals surface area contributed by atoms with Gasteiger partial charge >= 0.3 is 5.97 Å². The molecule has 1 aromatic carbocycles. The van der Waals surface area contributed by atoms with Gasteiger partial charge in [-0.3, -0.25) is 24.0 Å². The summed E-state index contributed by atoms with van der Waals surface area (Å²) in [6, 6.07) is -3.79. The predicted molar refractivity (Wildman–Crippen MR) is 166 cm³/mol. The number of piperidine rings is 1. The monoisotopic (exact) mass is 674 g/mol. The second-order valence-corrected chi connectivity index (χ2v) is 13.5. The van der Waals surface area contributed by atoms with Crippen LogP contribution in [-0.4, -0.2) is 112 Å². The van der Waals surface area contributed by atoms with Gasteiger partial charge in [0.1, 0.15) is 47.9 Å². The fourth-order valence-electron chi connectivity index (χ4n) is 7.25. The molecular formula is C33H44F2N6O7. The zero-order valence-electron chi connectivity index (χ0n) is 27.5. The Balaban J connectivity index is 1.47. The molecule has 0 aromatic heterocycles. The van der Waals surface area contributed by atoms with E-state index < -0.39 is 89.5 Å². The summed E-state index contributed by atoms with van der Waals surface area (Å²) in [4.78, 5) is 86.5. The lowest BCUT2D eigenvalue weighted by atomic mass is 9.91. The molecule has 4 heterocycles. The van der Waals surface area contributed by atoms with E-state index in [1.54, 1.807) is 0 Å². The third-order valence-corrected chi connectivity index (χ3v) is 9.86. The molecule has 1 aromatic rings. The van der Waals surface area contributed by atoms with Crippen LogP contribution in [0.5, 0.6) is 0 Å². The van der Waals surface area contributed by atoms with Crippen molar-refractivity contribution in [3.63, 3.8) is 0 Å². The van der Waals surface area contributed by atoms with Crippen molar-refractivity contribution in [2.45, 2.75) is 108 Å². The van der Waals surface area contributed by atoms with Crippen molar-refractivity contribution in [1.29, 1.82) is 0 Å². The van der Waals surface area contributed by atoms with Crippen molar-refractivity contribution in [2.75, 3.05) is 19.6 Å². The van der Waals surface area contributed by atoms with E-state index in [4.69, 9.17) is 10.5 Å². The number of nitrogens with one attached hydrogen (secondary N) is 2. The van der Waals surface area contributed by atoms with Gasteiger partial charge in [-0.2, -0.15) is 0 Å². The van der Waals surface area contributed by atoms with E-state index in [9.17, 15) is 37.5 Å². The Labute approximate surface area is 277 Å². The van der Waals surface area contributed by atoms with E-state index in [0.717, 1.165) is 12.1 Å². The van der Waals surface area contributed by atoms with Crippen LogP contribution in [0.3, 0.4) is 0 Å². The van der Waals surface area contributed by atoms with Crippen molar-refractivity contribution in [3.05, 3.63) is 35.4 Å². The van der Waals surface area contributed by atoms with E-state index in [2.05, 4.69) is 10.6 Å². The van der Waals surface area contributed by atoms with Crippen LogP contribution in [0.4, 0.5) is 8.78 Å². The maximum Gasteiger partial charge on any atom is 0.329 e. The molecule has 262 valence electrons. The fourth-order valence-corrected chi connectivity index (χ4v) is 7.25. The minimum atomic E-state index is -1.48. The van der Waals surface area contributed by atoms with Gasteiger partial charge in [0.15, 0.2) is 0 Å². The Morgan fingerprint density at radius 2 is 1.48 bits per heavy atom. The quantitative estimate of drug-likeness (QED) is 0.385. The van der Waals surface area contributed by atoms with Crippen LogP contribution in [0.15, 0.2) is 18.2 Å². The Morgan fingerprint density at radius 1 is 0.875 bits per heavy atom. The number of nitrogens with zero attached hydrogens (tertiary/aromatic N) is 3. The van der Waals surface area contributed by atoms with Crippen LogP contribution < -0.4 is 16.4 Å². The van der Waals surface area contributed by atoms with Crippen LogP contribution >= 0.6 is 0 Å². The summed E-state index contributed by atoms with van der Waals surface area (Å²) in [5, 5.41) is 5.33. The highest BCUT2D eigenvalue weighted by atomic mass is 19.1. The van der Waals surface area contributed by atoms with Gasteiger partial charge in [0, 0.05) is 25.7 Å². The molecule has 0 saturated carbocycles. The molecule has 15 heteroatoms. The van der Waals surface area contributed by atoms with Gasteiger partial charge in [-0.15, -0.1) is 0 Å².